The van der Waals surface area contributed by atoms with Gasteiger partial charge in [0.15, 0.2) is 0 Å². The van der Waals surface area contributed by atoms with Crippen LogP contribution in [0.3, 0.4) is 0 Å². The van der Waals surface area contributed by atoms with Crippen molar-refractivity contribution in [3.63, 3.8) is 0 Å². The fraction of sp³-hybridized carbons (Fsp3) is 0. The molecule has 0 aliphatic rings. The molecule has 0 aromatic heterocycles. The second-order valence-electron chi connectivity index (χ2n) is 7.45. The highest BCUT2D eigenvalue weighted by Crippen LogP contribution is 2.45. The van der Waals surface area contributed by atoms with Crippen LogP contribution >= 0.6 is 7.37 Å². The number of hydrogen-bond donors (Lipinski definition) is 0. The summed E-state index contributed by atoms with van der Waals surface area (Å²) >= 11 is 0. The molecule has 0 unspecified atom stereocenters. The third-order valence-corrected chi connectivity index (χ3v) is 7.86. The number of rotatable bonds is 8. The molecular formula is C28H24BO2P. The molecule has 156 valence electrons. The summed E-state index contributed by atoms with van der Waals surface area (Å²) < 4.78 is 21.2. The van der Waals surface area contributed by atoms with Crippen LogP contribution in [-0.2, 0) is 9.01 Å². The quantitative estimate of drug-likeness (QED) is 0.288. The largest absolute Gasteiger partial charge is 0.372 e. The average molecular weight is 434 g/mol. The lowest BCUT2D eigenvalue weighted by Gasteiger charge is -2.25. The predicted molar refractivity (Wildman–Crippen MR) is 139 cm³/mol. The fourth-order valence-corrected chi connectivity index (χ4v) is 5.81. The number of hydrogen-bond acceptors (Lipinski definition) is 2. The Bertz CT molecular complexity index is 1140. The van der Waals surface area contributed by atoms with E-state index in [9.17, 15) is 4.57 Å². The van der Waals surface area contributed by atoms with Gasteiger partial charge in [0.05, 0.1) is 0 Å². The van der Waals surface area contributed by atoms with E-state index < -0.39 is 14.3 Å². The summed E-state index contributed by atoms with van der Waals surface area (Å²) in [5, 5.41) is 1.34. The molecule has 0 radical (unpaired) electrons. The van der Waals surface area contributed by atoms with Gasteiger partial charge in [0.1, 0.15) is 0 Å². The van der Waals surface area contributed by atoms with Crippen molar-refractivity contribution in [1.82, 2.24) is 0 Å². The topological polar surface area (TPSA) is 26.3 Å². The Hall–Kier alpha value is -3.39. The van der Waals surface area contributed by atoms with E-state index in [-0.39, 0.29) is 0 Å². The summed E-state index contributed by atoms with van der Waals surface area (Å²) in [7, 11) is -3.39. The maximum Gasteiger partial charge on any atom is 0.369 e. The van der Waals surface area contributed by atoms with Crippen molar-refractivity contribution < 1.29 is 9.01 Å². The van der Waals surface area contributed by atoms with E-state index in [0.717, 1.165) is 22.1 Å². The summed E-state index contributed by atoms with van der Waals surface area (Å²) in [5.74, 6) is 0. The first-order chi connectivity index (χ1) is 15.6. The molecule has 0 spiro atoms. The van der Waals surface area contributed by atoms with Crippen molar-refractivity contribution in [2.75, 3.05) is 0 Å². The highest BCUT2D eigenvalue weighted by molar-refractivity contribution is 7.75. The zero-order valence-corrected chi connectivity index (χ0v) is 18.7. The minimum absolute atomic E-state index is 0.515. The van der Waals surface area contributed by atoms with Crippen molar-refractivity contribution >= 4 is 48.0 Å². The molecule has 0 atom stereocenters. The van der Waals surface area contributed by atoms with Crippen LogP contribution in [0.5, 0.6) is 0 Å². The Balaban J connectivity index is 1.85. The van der Waals surface area contributed by atoms with Gasteiger partial charge in [-0.25, -0.2) is 0 Å². The minimum atomic E-state index is -3.39. The summed E-state index contributed by atoms with van der Waals surface area (Å²) in [6.45, 7) is 7.16. The molecule has 0 amide bonds. The molecule has 32 heavy (non-hydrogen) atoms. The third-order valence-electron chi connectivity index (χ3n) is 5.40. The Kier molecular flexibility index (Phi) is 6.70. The Labute approximate surface area is 190 Å². The molecule has 4 aromatic rings. The zero-order chi connectivity index (χ0) is 22.4. The second-order valence-corrected chi connectivity index (χ2v) is 9.80. The van der Waals surface area contributed by atoms with Crippen LogP contribution in [0.4, 0.5) is 0 Å². The predicted octanol–water partition coefficient (Wildman–Crippen LogP) is 5.02. The molecular weight excluding hydrogens is 410 g/mol. The fourth-order valence-electron chi connectivity index (χ4n) is 3.60. The lowest BCUT2D eigenvalue weighted by Crippen LogP contribution is -2.45. The molecule has 4 heteroatoms. The molecule has 0 saturated carbocycles. The third kappa shape index (κ3) is 4.60. The van der Waals surface area contributed by atoms with Gasteiger partial charge in [0, 0.05) is 10.6 Å². The van der Waals surface area contributed by atoms with Crippen LogP contribution in [0, 0.1) is 0 Å². The van der Waals surface area contributed by atoms with E-state index in [1.54, 1.807) is 12.2 Å². The van der Waals surface area contributed by atoms with Crippen molar-refractivity contribution in [2.45, 2.75) is 0 Å². The SMILES string of the molecule is C=Cc1ccc(B(OP(=O)(c2ccccc2)c2ccccc2)c2ccc(C=C)cc2)cc1. The Morgan fingerprint density at radius 3 is 1.31 bits per heavy atom. The maximum atomic E-state index is 14.6. The van der Waals surface area contributed by atoms with Crippen LogP contribution in [0.1, 0.15) is 11.1 Å². The zero-order valence-electron chi connectivity index (χ0n) is 17.8. The standard InChI is InChI=1S/C28H24BO2P/c1-3-23-15-19-25(20-16-23)29(26-21-17-24(4-2)18-22-26)31-32(30,27-11-7-5-8-12-27)28-13-9-6-10-14-28/h3-22H,1-2H2. The first-order valence-electron chi connectivity index (χ1n) is 10.5. The molecule has 0 N–H and O–H groups in total. The molecule has 0 bridgehead atoms. The first kappa shape index (κ1) is 21.8. The molecule has 0 aliphatic heterocycles. The Morgan fingerprint density at radius 1 is 0.594 bits per heavy atom. The summed E-state index contributed by atoms with van der Waals surface area (Å²) in [4.78, 5) is 0. The van der Waals surface area contributed by atoms with E-state index in [0.29, 0.717) is 10.6 Å². The smallest absolute Gasteiger partial charge is 0.369 e. The van der Waals surface area contributed by atoms with Gasteiger partial charge in [-0.05, 0) is 46.3 Å². The normalized spacial score (nSPS) is 11.0. The van der Waals surface area contributed by atoms with Crippen molar-refractivity contribution in [1.29, 1.82) is 0 Å². The molecule has 0 fully saturated rings. The molecule has 0 heterocycles. The van der Waals surface area contributed by atoms with Crippen LogP contribution in [0.25, 0.3) is 12.2 Å². The van der Waals surface area contributed by atoms with E-state index in [1.807, 2.05) is 109 Å². The van der Waals surface area contributed by atoms with Gasteiger partial charge in [-0.15, -0.1) is 0 Å². The average Bonchev–Trinajstić information content (AvgIpc) is 2.88. The van der Waals surface area contributed by atoms with Gasteiger partial charge >= 0.3 is 6.92 Å². The lowest BCUT2D eigenvalue weighted by molar-refractivity contribution is 0.515. The van der Waals surface area contributed by atoms with Crippen molar-refractivity contribution in [2.24, 2.45) is 0 Å². The molecule has 4 rings (SSSR count). The minimum Gasteiger partial charge on any atom is -0.372 e. The van der Waals surface area contributed by atoms with Crippen LogP contribution in [0.2, 0.25) is 0 Å². The van der Waals surface area contributed by atoms with Crippen LogP contribution in [0.15, 0.2) is 122 Å². The van der Waals surface area contributed by atoms with E-state index in [4.69, 9.17) is 4.44 Å². The Morgan fingerprint density at radius 2 is 0.969 bits per heavy atom. The second kappa shape index (κ2) is 9.83. The maximum absolute atomic E-state index is 14.6. The molecule has 0 aliphatic carbocycles. The van der Waals surface area contributed by atoms with Gasteiger partial charge < -0.3 is 4.44 Å². The first-order valence-corrected chi connectivity index (χ1v) is 12.1. The van der Waals surface area contributed by atoms with E-state index in [1.165, 1.54) is 0 Å². The van der Waals surface area contributed by atoms with E-state index in [2.05, 4.69) is 13.2 Å². The molecule has 4 aromatic carbocycles. The van der Waals surface area contributed by atoms with Gasteiger partial charge in [0.2, 0.25) is 7.37 Å². The van der Waals surface area contributed by atoms with Crippen molar-refractivity contribution in [3.05, 3.63) is 133 Å². The van der Waals surface area contributed by atoms with E-state index >= 15 is 0 Å². The number of benzene rings is 4. The van der Waals surface area contributed by atoms with Gasteiger partial charge in [-0.2, -0.15) is 0 Å². The van der Waals surface area contributed by atoms with Crippen LogP contribution < -0.4 is 21.5 Å². The monoisotopic (exact) mass is 434 g/mol. The van der Waals surface area contributed by atoms with Crippen LogP contribution in [-0.4, -0.2) is 6.92 Å². The highest BCUT2D eigenvalue weighted by atomic mass is 31.2. The summed E-state index contributed by atoms with van der Waals surface area (Å²) in [6.07, 6.45) is 3.61. The summed E-state index contributed by atoms with van der Waals surface area (Å²) in [5.41, 5.74) is 3.88. The summed E-state index contributed by atoms with van der Waals surface area (Å²) in [6, 6.07) is 34.8. The van der Waals surface area contributed by atoms with Gasteiger partial charge in [0.25, 0.3) is 0 Å². The van der Waals surface area contributed by atoms with Gasteiger partial charge in [-0.1, -0.05) is 110 Å². The molecule has 2 nitrogen and oxygen atoms in total. The van der Waals surface area contributed by atoms with Gasteiger partial charge in [-0.3, -0.25) is 4.57 Å². The lowest BCUT2D eigenvalue weighted by atomic mass is 9.56. The molecule has 0 saturated heterocycles. The highest BCUT2D eigenvalue weighted by Gasteiger charge is 2.35. The van der Waals surface area contributed by atoms with Crippen molar-refractivity contribution in [3.8, 4) is 0 Å².